The smallest absolute Gasteiger partial charge is 0.261 e. The topological polar surface area (TPSA) is 116 Å². The normalized spacial score (nSPS) is 17.8. The molecule has 0 atom stereocenters. The summed E-state index contributed by atoms with van der Waals surface area (Å²) in [4.78, 5) is 0. The lowest BCUT2D eigenvalue weighted by molar-refractivity contribution is 0.400. The maximum atomic E-state index is 10.3. The van der Waals surface area contributed by atoms with Crippen LogP contribution in [-0.2, 0) is 0 Å². The van der Waals surface area contributed by atoms with Gasteiger partial charge in [0.15, 0.2) is 5.76 Å². The fraction of sp³-hybridized carbons (Fsp3) is 0.333. The van der Waals surface area contributed by atoms with Crippen LogP contribution in [0.1, 0.15) is 6.42 Å². The third kappa shape index (κ3) is 2.60. The van der Waals surface area contributed by atoms with Crippen LogP contribution in [0.15, 0.2) is 22.6 Å². The van der Waals surface area contributed by atoms with Crippen LogP contribution >= 0.6 is 10.8 Å². The van der Waals surface area contributed by atoms with Crippen molar-refractivity contribution >= 4 is 16.7 Å². The minimum absolute atomic E-state index is 0.0413. The molecule has 24 heavy (non-hydrogen) atoms. The number of benzene rings is 1. The Bertz CT molecular complexity index is 759. The van der Waals surface area contributed by atoms with E-state index in [1.165, 1.54) is 18.5 Å². The molecule has 0 aliphatic carbocycles. The largest absolute Gasteiger partial charge is 0.502 e. The second kappa shape index (κ2) is 6.00. The van der Waals surface area contributed by atoms with Gasteiger partial charge in [0.2, 0.25) is 11.5 Å². The first-order valence-corrected chi connectivity index (χ1v) is 8.87. The van der Waals surface area contributed by atoms with E-state index in [0.29, 0.717) is 30.0 Å². The van der Waals surface area contributed by atoms with Crippen LogP contribution in [0.4, 0.5) is 5.88 Å². The minimum Gasteiger partial charge on any atom is -0.502 e. The van der Waals surface area contributed by atoms with Gasteiger partial charge in [-0.15, -0.1) is 10.8 Å². The van der Waals surface area contributed by atoms with E-state index >= 15 is 0 Å². The Hall–Kier alpha value is -2.23. The number of furan rings is 1. The quantitative estimate of drug-likeness (QED) is 0.659. The van der Waals surface area contributed by atoms with Crippen molar-refractivity contribution in [1.29, 1.82) is 0 Å². The summed E-state index contributed by atoms with van der Waals surface area (Å²) in [5, 5.41) is 20.5. The van der Waals surface area contributed by atoms with Crippen LogP contribution in [0.5, 0.6) is 23.0 Å². The number of methoxy groups -OCH3 is 2. The van der Waals surface area contributed by atoms with Crippen molar-refractivity contribution < 1.29 is 33.2 Å². The molecular weight excluding hydrogens is 338 g/mol. The monoisotopic (exact) mass is 357 g/mol. The van der Waals surface area contributed by atoms with Gasteiger partial charge in [-0.2, -0.15) is 0 Å². The molecule has 1 aromatic carbocycles. The summed E-state index contributed by atoms with van der Waals surface area (Å²) < 4.78 is 37.3. The lowest BCUT2D eigenvalue weighted by Crippen LogP contribution is -2.21. The highest BCUT2D eigenvalue weighted by molar-refractivity contribution is 8.25. The molecule has 4 N–H and O–H groups in total. The van der Waals surface area contributed by atoms with Crippen molar-refractivity contribution in [1.82, 2.24) is 0 Å². The average molecular weight is 357 g/mol. The summed E-state index contributed by atoms with van der Waals surface area (Å²) in [6.07, 6.45) is 0.543. The van der Waals surface area contributed by atoms with Crippen molar-refractivity contribution in [2.75, 3.05) is 30.8 Å². The molecule has 9 heteroatoms. The number of aromatic hydroxyl groups is 2. The molecule has 1 aliphatic rings. The number of anilines is 1. The van der Waals surface area contributed by atoms with Gasteiger partial charge in [-0.3, -0.25) is 9.11 Å². The molecule has 8 nitrogen and oxygen atoms in total. The number of nitrogens with zero attached hydrogens (tertiary/aromatic N) is 1. The van der Waals surface area contributed by atoms with E-state index in [0.717, 1.165) is 0 Å². The SMILES string of the molecule is COc1ccc(OC)c(-c2oc(N3CCCS3(O)O)c(O)c2O)c1. The molecule has 0 radical (unpaired) electrons. The highest BCUT2D eigenvalue weighted by atomic mass is 32.3. The molecule has 1 aliphatic heterocycles. The average Bonchev–Trinajstić information content (AvgIpc) is 3.06. The molecule has 1 fully saturated rings. The third-order valence-corrected chi connectivity index (χ3v) is 5.74. The summed E-state index contributed by atoms with van der Waals surface area (Å²) in [6, 6.07) is 4.90. The summed E-state index contributed by atoms with van der Waals surface area (Å²) in [5.74, 6) is -0.167. The van der Waals surface area contributed by atoms with E-state index in [4.69, 9.17) is 13.9 Å². The summed E-state index contributed by atoms with van der Waals surface area (Å²) in [5.41, 5.74) is 0.367. The summed E-state index contributed by atoms with van der Waals surface area (Å²) in [7, 11) is -0.107. The Kier molecular flexibility index (Phi) is 4.16. The molecule has 2 aromatic rings. The number of ether oxygens (including phenoxy) is 2. The van der Waals surface area contributed by atoms with Gasteiger partial charge in [0.05, 0.1) is 25.5 Å². The van der Waals surface area contributed by atoms with Gasteiger partial charge in [-0.05, 0) is 24.6 Å². The van der Waals surface area contributed by atoms with Crippen LogP contribution in [0.2, 0.25) is 0 Å². The second-order valence-corrected chi connectivity index (χ2v) is 7.41. The van der Waals surface area contributed by atoms with Crippen LogP contribution < -0.4 is 13.8 Å². The first-order valence-electron chi connectivity index (χ1n) is 7.19. The van der Waals surface area contributed by atoms with Gasteiger partial charge < -0.3 is 24.1 Å². The van der Waals surface area contributed by atoms with E-state index in [1.807, 2.05) is 0 Å². The predicted molar refractivity (Wildman–Crippen MR) is 90.3 cm³/mol. The van der Waals surface area contributed by atoms with Gasteiger partial charge in [0.25, 0.3) is 5.88 Å². The number of hydrogen-bond acceptors (Lipinski definition) is 8. The predicted octanol–water partition coefficient (Wildman–Crippen LogP) is 3.25. The number of rotatable bonds is 4. The Morgan fingerprint density at radius 3 is 2.46 bits per heavy atom. The first kappa shape index (κ1) is 16.6. The Labute approximate surface area is 140 Å². The fourth-order valence-corrected chi connectivity index (χ4v) is 4.19. The lowest BCUT2D eigenvalue weighted by atomic mass is 10.1. The van der Waals surface area contributed by atoms with Crippen molar-refractivity contribution in [3.63, 3.8) is 0 Å². The van der Waals surface area contributed by atoms with Crippen LogP contribution in [0, 0.1) is 0 Å². The highest BCUT2D eigenvalue weighted by Crippen LogP contribution is 2.58. The Morgan fingerprint density at radius 1 is 1.12 bits per heavy atom. The fourth-order valence-electron chi connectivity index (χ4n) is 2.64. The van der Waals surface area contributed by atoms with E-state index in [1.54, 1.807) is 18.2 Å². The van der Waals surface area contributed by atoms with Gasteiger partial charge in [0.1, 0.15) is 11.5 Å². The molecule has 3 rings (SSSR count). The first-order chi connectivity index (χ1) is 11.4. The molecular formula is C15H19NO7S. The van der Waals surface area contributed by atoms with Crippen LogP contribution in [-0.4, -0.2) is 45.8 Å². The maximum Gasteiger partial charge on any atom is 0.261 e. The van der Waals surface area contributed by atoms with Crippen molar-refractivity contribution in [3.05, 3.63) is 18.2 Å². The third-order valence-electron chi connectivity index (χ3n) is 3.85. The zero-order valence-electron chi connectivity index (χ0n) is 13.2. The summed E-state index contributed by atoms with van der Waals surface area (Å²) in [6.45, 7) is 0.303. The minimum atomic E-state index is -3.06. The van der Waals surface area contributed by atoms with E-state index in [2.05, 4.69) is 0 Å². The maximum absolute atomic E-state index is 10.3. The van der Waals surface area contributed by atoms with Crippen LogP contribution in [0.3, 0.4) is 0 Å². The van der Waals surface area contributed by atoms with Gasteiger partial charge in [0, 0.05) is 6.54 Å². The van der Waals surface area contributed by atoms with Crippen molar-refractivity contribution in [3.8, 4) is 34.3 Å². The van der Waals surface area contributed by atoms with Crippen LogP contribution in [0.25, 0.3) is 11.3 Å². The van der Waals surface area contributed by atoms with Gasteiger partial charge in [-0.1, -0.05) is 0 Å². The molecule has 0 saturated carbocycles. The molecule has 0 bridgehead atoms. The lowest BCUT2D eigenvalue weighted by Gasteiger charge is -2.35. The molecule has 1 saturated heterocycles. The zero-order chi connectivity index (χ0) is 17.5. The highest BCUT2D eigenvalue weighted by Gasteiger charge is 2.36. The molecule has 132 valence electrons. The number of hydrogen-bond donors (Lipinski definition) is 4. The molecule has 0 amide bonds. The Balaban J connectivity index is 2.12. The van der Waals surface area contributed by atoms with Crippen molar-refractivity contribution in [2.45, 2.75) is 6.42 Å². The second-order valence-electron chi connectivity index (χ2n) is 5.29. The standard InChI is InChI=1S/C15H19NO7S/c1-21-9-4-5-11(22-2)10(8-9)14-12(17)13(18)15(23-14)16-6-3-7-24(16,19)20/h4-5,8,17-20H,3,6-7H2,1-2H3. The molecule has 0 unspecified atom stereocenters. The van der Waals surface area contributed by atoms with Crippen molar-refractivity contribution in [2.24, 2.45) is 0 Å². The van der Waals surface area contributed by atoms with E-state index in [-0.39, 0.29) is 17.4 Å². The molecule has 0 spiro atoms. The Morgan fingerprint density at radius 2 is 1.88 bits per heavy atom. The molecule has 1 aromatic heterocycles. The van der Waals surface area contributed by atoms with Gasteiger partial charge >= 0.3 is 0 Å². The molecule has 2 heterocycles. The van der Waals surface area contributed by atoms with E-state index < -0.39 is 22.3 Å². The summed E-state index contributed by atoms with van der Waals surface area (Å²) >= 11 is 0. The van der Waals surface area contributed by atoms with E-state index in [9.17, 15) is 19.3 Å². The zero-order valence-corrected chi connectivity index (χ0v) is 14.0. The van der Waals surface area contributed by atoms with Gasteiger partial charge in [-0.25, -0.2) is 4.31 Å².